The zero-order valence-corrected chi connectivity index (χ0v) is 23.8. The Morgan fingerprint density at radius 2 is 1.63 bits per heavy atom. The van der Waals surface area contributed by atoms with Gasteiger partial charge in [0, 0.05) is 11.6 Å². The molecule has 9 nitrogen and oxygen atoms in total. The van der Waals surface area contributed by atoms with Gasteiger partial charge in [-0.05, 0) is 66.1 Å². The summed E-state index contributed by atoms with van der Waals surface area (Å²) in [6.07, 6.45) is 0. The number of H-pyrrole nitrogens is 1. The van der Waals surface area contributed by atoms with Crippen LogP contribution in [-0.2, 0) is 16.2 Å². The zero-order valence-electron chi connectivity index (χ0n) is 23.8. The van der Waals surface area contributed by atoms with Gasteiger partial charge in [0.15, 0.2) is 0 Å². The van der Waals surface area contributed by atoms with E-state index in [4.69, 9.17) is 14.2 Å². The second-order valence-electron chi connectivity index (χ2n) is 10.1. The van der Waals surface area contributed by atoms with Crippen LogP contribution in [0, 0.1) is 6.92 Å². The molecule has 1 amide bonds. The van der Waals surface area contributed by atoms with Gasteiger partial charge in [0.05, 0.1) is 36.9 Å². The summed E-state index contributed by atoms with van der Waals surface area (Å²) in [5.41, 5.74) is 3.94. The lowest BCUT2D eigenvalue weighted by molar-refractivity contribution is -0.132. The lowest BCUT2D eigenvalue weighted by Gasteiger charge is -2.23. The number of rotatable bonds is 8. The molecule has 9 heteroatoms. The Hall–Kier alpha value is -5.57. The molecule has 1 fully saturated rings. The molecule has 1 aliphatic heterocycles. The van der Waals surface area contributed by atoms with Crippen molar-refractivity contribution in [2.45, 2.75) is 19.6 Å². The SMILES string of the molecule is COc1ccc(C2/C(=C(\O)c3ccc(OCc4ccccc4)c(C)c3)C(=O)C(=O)N2c2nc3ccc(OC)cc3[nH]2)cc1. The summed E-state index contributed by atoms with van der Waals surface area (Å²) < 4.78 is 16.6. The van der Waals surface area contributed by atoms with Crippen molar-refractivity contribution in [2.75, 3.05) is 19.1 Å². The Morgan fingerprint density at radius 3 is 2.33 bits per heavy atom. The molecule has 0 saturated carbocycles. The van der Waals surface area contributed by atoms with Crippen molar-refractivity contribution in [3.63, 3.8) is 0 Å². The molecule has 1 unspecified atom stereocenters. The number of aliphatic hydroxyl groups is 1. The average Bonchev–Trinajstić information content (AvgIpc) is 3.57. The third-order valence-corrected chi connectivity index (χ3v) is 7.47. The van der Waals surface area contributed by atoms with Gasteiger partial charge in [-0.15, -0.1) is 0 Å². The number of aromatic amines is 1. The summed E-state index contributed by atoms with van der Waals surface area (Å²) in [6.45, 7) is 2.25. The minimum absolute atomic E-state index is 0.0504. The van der Waals surface area contributed by atoms with Crippen LogP contribution in [0.15, 0.2) is 96.6 Å². The summed E-state index contributed by atoms with van der Waals surface area (Å²) in [5.74, 6) is 0.112. The van der Waals surface area contributed by atoms with E-state index in [9.17, 15) is 14.7 Å². The Balaban J connectivity index is 1.42. The third-order valence-electron chi connectivity index (χ3n) is 7.47. The van der Waals surface area contributed by atoms with E-state index >= 15 is 0 Å². The molecule has 6 rings (SSSR count). The number of hydrogen-bond acceptors (Lipinski definition) is 7. The summed E-state index contributed by atoms with van der Waals surface area (Å²) in [4.78, 5) is 36.2. The molecule has 0 radical (unpaired) electrons. The van der Waals surface area contributed by atoms with E-state index in [1.165, 1.54) is 4.90 Å². The summed E-state index contributed by atoms with van der Waals surface area (Å²) >= 11 is 0. The molecule has 5 aromatic rings. The van der Waals surface area contributed by atoms with Crippen LogP contribution >= 0.6 is 0 Å². The molecule has 2 N–H and O–H groups in total. The topological polar surface area (TPSA) is 114 Å². The second kappa shape index (κ2) is 11.4. The number of fused-ring (bicyclic) bond motifs is 1. The summed E-state index contributed by atoms with van der Waals surface area (Å²) in [6, 6.07) is 26.3. The molecule has 1 aromatic heterocycles. The number of ketones is 1. The molecule has 216 valence electrons. The van der Waals surface area contributed by atoms with Gasteiger partial charge in [-0.25, -0.2) is 4.98 Å². The first-order valence-electron chi connectivity index (χ1n) is 13.6. The molecular formula is C34H29N3O6. The van der Waals surface area contributed by atoms with E-state index in [2.05, 4.69) is 9.97 Å². The molecule has 2 heterocycles. The number of methoxy groups -OCH3 is 2. The third kappa shape index (κ3) is 5.17. The highest BCUT2D eigenvalue weighted by Crippen LogP contribution is 2.42. The number of carbonyl (C=O) groups is 2. The maximum Gasteiger partial charge on any atom is 0.302 e. The highest BCUT2D eigenvalue weighted by molar-refractivity contribution is 6.51. The largest absolute Gasteiger partial charge is 0.507 e. The molecule has 0 spiro atoms. The highest BCUT2D eigenvalue weighted by Gasteiger charge is 2.48. The molecule has 0 aliphatic carbocycles. The van der Waals surface area contributed by atoms with Gasteiger partial charge >= 0.3 is 5.91 Å². The number of carbonyl (C=O) groups excluding carboxylic acids is 2. The first kappa shape index (κ1) is 27.6. The van der Waals surface area contributed by atoms with Crippen LogP contribution in [-0.4, -0.2) is 41.0 Å². The molecule has 0 bridgehead atoms. The second-order valence-corrected chi connectivity index (χ2v) is 10.1. The number of aromatic nitrogens is 2. The van der Waals surface area contributed by atoms with Gasteiger partial charge in [0.25, 0.3) is 5.78 Å². The van der Waals surface area contributed by atoms with Crippen molar-refractivity contribution in [3.8, 4) is 17.2 Å². The van der Waals surface area contributed by atoms with Gasteiger partial charge in [-0.1, -0.05) is 42.5 Å². The average molecular weight is 576 g/mol. The van der Waals surface area contributed by atoms with Gasteiger partial charge < -0.3 is 24.3 Å². The van der Waals surface area contributed by atoms with Gasteiger partial charge in [-0.3, -0.25) is 14.5 Å². The summed E-state index contributed by atoms with van der Waals surface area (Å²) in [5, 5.41) is 11.6. The van der Waals surface area contributed by atoms with Crippen molar-refractivity contribution < 1.29 is 28.9 Å². The lowest BCUT2D eigenvalue weighted by Crippen LogP contribution is -2.30. The van der Waals surface area contributed by atoms with Crippen molar-refractivity contribution in [2.24, 2.45) is 0 Å². The van der Waals surface area contributed by atoms with E-state index < -0.39 is 17.7 Å². The number of imidazole rings is 1. The van der Waals surface area contributed by atoms with Gasteiger partial charge in [-0.2, -0.15) is 0 Å². The van der Waals surface area contributed by atoms with E-state index in [0.29, 0.717) is 46.0 Å². The number of aryl methyl sites for hydroxylation is 1. The van der Waals surface area contributed by atoms with Crippen LogP contribution in [0.1, 0.15) is 28.3 Å². The fraction of sp³-hybridized carbons (Fsp3) is 0.147. The van der Waals surface area contributed by atoms with Gasteiger partial charge in [0.2, 0.25) is 5.95 Å². The molecular weight excluding hydrogens is 546 g/mol. The van der Waals surface area contributed by atoms with E-state index in [-0.39, 0.29) is 17.3 Å². The van der Waals surface area contributed by atoms with Crippen LogP contribution in [0.3, 0.4) is 0 Å². The van der Waals surface area contributed by atoms with Crippen LogP contribution in [0.5, 0.6) is 17.2 Å². The number of amides is 1. The minimum Gasteiger partial charge on any atom is -0.507 e. The van der Waals surface area contributed by atoms with Crippen molar-refractivity contribution in [3.05, 3.63) is 119 Å². The molecule has 1 saturated heterocycles. The van der Waals surface area contributed by atoms with Crippen LogP contribution < -0.4 is 19.1 Å². The standard InChI is InChI=1S/C34H29N3O6/c1-20-17-23(11-16-28(20)43-19-21-7-5-4-6-8-21)31(38)29-30(22-9-12-24(41-2)13-10-22)37(33(40)32(29)39)34-35-26-15-14-25(42-3)18-27(26)36-34/h4-18,30,38H,19H2,1-3H3,(H,35,36)/b31-29+. The Morgan fingerprint density at radius 1 is 0.907 bits per heavy atom. The van der Waals surface area contributed by atoms with Crippen LogP contribution in [0.4, 0.5) is 5.95 Å². The number of aliphatic hydroxyl groups excluding tert-OH is 1. The number of anilines is 1. The maximum atomic E-state index is 13.6. The van der Waals surface area contributed by atoms with E-state index in [1.54, 1.807) is 74.9 Å². The molecule has 1 atom stereocenters. The fourth-order valence-corrected chi connectivity index (χ4v) is 5.22. The van der Waals surface area contributed by atoms with Crippen molar-refractivity contribution in [1.82, 2.24) is 9.97 Å². The molecule has 43 heavy (non-hydrogen) atoms. The fourth-order valence-electron chi connectivity index (χ4n) is 5.22. The Labute approximate surface area is 248 Å². The first-order valence-corrected chi connectivity index (χ1v) is 13.6. The van der Waals surface area contributed by atoms with Crippen molar-refractivity contribution in [1.29, 1.82) is 0 Å². The number of Topliss-reactive ketones (excluding diaryl/α,β-unsaturated/α-hetero) is 1. The summed E-state index contributed by atoms with van der Waals surface area (Å²) in [7, 11) is 3.11. The smallest absolute Gasteiger partial charge is 0.302 e. The van der Waals surface area contributed by atoms with Crippen LogP contribution in [0.25, 0.3) is 16.8 Å². The predicted octanol–water partition coefficient (Wildman–Crippen LogP) is 6.09. The monoisotopic (exact) mass is 575 g/mol. The molecule has 4 aromatic carbocycles. The normalized spacial score (nSPS) is 16.1. The zero-order chi connectivity index (χ0) is 30.1. The first-order chi connectivity index (χ1) is 20.9. The number of benzene rings is 4. The number of hydrogen-bond donors (Lipinski definition) is 2. The predicted molar refractivity (Wildman–Crippen MR) is 162 cm³/mol. The quantitative estimate of drug-likeness (QED) is 0.131. The maximum absolute atomic E-state index is 13.6. The lowest BCUT2D eigenvalue weighted by atomic mass is 9.95. The van der Waals surface area contributed by atoms with Gasteiger partial charge in [0.1, 0.15) is 29.6 Å². The number of ether oxygens (including phenoxy) is 3. The van der Waals surface area contributed by atoms with Crippen molar-refractivity contribution >= 4 is 34.4 Å². The number of nitrogens with zero attached hydrogens (tertiary/aromatic N) is 2. The molecule has 1 aliphatic rings. The van der Waals surface area contributed by atoms with Crippen LogP contribution in [0.2, 0.25) is 0 Å². The van der Waals surface area contributed by atoms with E-state index in [1.807, 2.05) is 37.3 Å². The minimum atomic E-state index is -0.956. The Kier molecular flexibility index (Phi) is 7.29. The number of nitrogens with one attached hydrogen (secondary N) is 1. The highest BCUT2D eigenvalue weighted by atomic mass is 16.5. The Bertz CT molecular complexity index is 1860. The van der Waals surface area contributed by atoms with E-state index in [0.717, 1.165) is 11.1 Å².